The lowest BCUT2D eigenvalue weighted by Gasteiger charge is -2.11. The Labute approximate surface area is 101 Å². The van der Waals surface area contributed by atoms with E-state index in [0.29, 0.717) is 6.54 Å². The van der Waals surface area contributed by atoms with Crippen molar-refractivity contribution in [2.75, 3.05) is 18.5 Å². The molecule has 4 nitrogen and oxygen atoms in total. The first kappa shape index (κ1) is 13.3. The summed E-state index contributed by atoms with van der Waals surface area (Å²) < 4.78 is 26.3. The van der Waals surface area contributed by atoms with Crippen LogP contribution in [0.15, 0.2) is 29.2 Å². The molecule has 0 bridgehead atoms. The van der Waals surface area contributed by atoms with Crippen LogP contribution < -0.4 is 10.5 Å². The topological polar surface area (TPSA) is 72.2 Å². The summed E-state index contributed by atoms with van der Waals surface area (Å²) in [5, 5.41) is 0.236. The predicted octanol–water partition coefficient (Wildman–Crippen LogP) is 1.30. The van der Waals surface area contributed by atoms with Crippen LogP contribution in [-0.4, -0.2) is 26.5 Å². The highest BCUT2D eigenvalue weighted by molar-refractivity contribution is 7.99. The molecule has 0 amide bonds. The van der Waals surface area contributed by atoms with Crippen LogP contribution in [0.25, 0.3) is 0 Å². The largest absolute Gasteiger partial charge is 0.398 e. The second-order valence-corrected chi connectivity index (χ2v) is 6.45. The number of thioether (sulfide) groups is 1. The number of nitrogen functional groups attached to an aromatic ring is 1. The summed E-state index contributed by atoms with van der Waals surface area (Å²) in [5.74, 6) is 0. The molecule has 0 aliphatic carbocycles. The number of rotatable bonds is 5. The minimum atomic E-state index is -3.48. The summed E-state index contributed by atoms with van der Waals surface area (Å²) in [6.45, 7) is 2.36. The van der Waals surface area contributed by atoms with E-state index in [1.807, 2.05) is 13.2 Å². The lowest BCUT2D eigenvalue weighted by Crippen LogP contribution is -2.29. The molecule has 3 N–H and O–H groups in total. The molecule has 6 heteroatoms. The molecule has 0 aliphatic heterocycles. The minimum absolute atomic E-state index is 0.142. The van der Waals surface area contributed by atoms with Gasteiger partial charge >= 0.3 is 0 Å². The number of nitrogens with two attached hydrogens (primary N) is 1. The highest BCUT2D eigenvalue weighted by Crippen LogP contribution is 2.17. The van der Waals surface area contributed by atoms with E-state index in [2.05, 4.69) is 4.72 Å². The summed E-state index contributed by atoms with van der Waals surface area (Å²) in [5.41, 5.74) is 5.89. The third kappa shape index (κ3) is 3.40. The summed E-state index contributed by atoms with van der Waals surface area (Å²) in [6, 6.07) is 6.44. The van der Waals surface area contributed by atoms with Crippen molar-refractivity contribution in [2.45, 2.75) is 17.1 Å². The van der Waals surface area contributed by atoms with Gasteiger partial charge in [0.2, 0.25) is 10.0 Å². The standard InChI is InChI=1S/C10H16N2O2S2/c1-8(15-2)7-12-16(13,14)10-6-4-3-5-9(10)11/h3-6,8,12H,7,11H2,1-2H3. The van der Waals surface area contributed by atoms with E-state index in [4.69, 9.17) is 5.73 Å². The van der Waals surface area contributed by atoms with E-state index >= 15 is 0 Å². The van der Waals surface area contributed by atoms with E-state index in [9.17, 15) is 8.42 Å². The van der Waals surface area contributed by atoms with Gasteiger partial charge in [-0.25, -0.2) is 13.1 Å². The van der Waals surface area contributed by atoms with E-state index in [0.717, 1.165) is 0 Å². The molecule has 16 heavy (non-hydrogen) atoms. The normalized spacial score (nSPS) is 13.6. The number of hydrogen-bond donors (Lipinski definition) is 2. The van der Waals surface area contributed by atoms with Crippen LogP contribution in [-0.2, 0) is 10.0 Å². The Morgan fingerprint density at radius 2 is 2.06 bits per heavy atom. The van der Waals surface area contributed by atoms with Gasteiger partial charge < -0.3 is 5.73 Å². The fraction of sp³-hybridized carbons (Fsp3) is 0.400. The first-order valence-electron chi connectivity index (χ1n) is 4.84. The zero-order valence-electron chi connectivity index (χ0n) is 9.30. The average Bonchev–Trinajstić information content (AvgIpc) is 2.26. The number of sulfonamides is 1. The lowest BCUT2D eigenvalue weighted by molar-refractivity contribution is 0.582. The van der Waals surface area contributed by atoms with Gasteiger partial charge in [-0.1, -0.05) is 19.1 Å². The number of nitrogens with one attached hydrogen (secondary N) is 1. The molecule has 1 rings (SSSR count). The molecule has 1 aromatic carbocycles. The number of hydrogen-bond acceptors (Lipinski definition) is 4. The highest BCUT2D eigenvalue weighted by atomic mass is 32.2. The molecule has 0 spiro atoms. The SMILES string of the molecule is CSC(C)CNS(=O)(=O)c1ccccc1N. The minimum Gasteiger partial charge on any atom is -0.398 e. The fourth-order valence-electron chi connectivity index (χ4n) is 1.11. The third-order valence-corrected chi connectivity index (χ3v) is 4.64. The van der Waals surface area contributed by atoms with Crippen LogP contribution in [0.5, 0.6) is 0 Å². The van der Waals surface area contributed by atoms with E-state index < -0.39 is 10.0 Å². The molecule has 0 radical (unpaired) electrons. The molecule has 0 aromatic heterocycles. The first-order chi connectivity index (χ1) is 7.47. The lowest BCUT2D eigenvalue weighted by atomic mass is 10.3. The third-order valence-electron chi connectivity index (χ3n) is 2.17. The van der Waals surface area contributed by atoms with Gasteiger partial charge in [-0.3, -0.25) is 0 Å². The summed E-state index contributed by atoms with van der Waals surface area (Å²) in [6.07, 6.45) is 1.94. The summed E-state index contributed by atoms with van der Waals surface area (Å²) in [4.78, 5) is 0.142. The Kier molecular flexibility index (Phi) is 4.64. The van der Waals surface area contributed by atoms with Crippen LogP contribution in [0.3, 0.4) is 0 Å². The molecule has 1 aromatic rings. The Balaban J connectivity index is 2.83. The van der Waals surface area contributed by atoms with Gasteiger partial charge in [0.15, 0.2) is 0 Å². The molecular formula is C10H16N2O2S2. The molecule has 0 saturated carbocycles. The van der Waals surface area contributed by atoms with Crippen LogP contribution >= 0.6 is 11.8 Å². The Bertz CT molecular complexity index is 446. The second kappa shape index (κ2) is 5.56. The van der Waals surface area contributed by atoms with Gasteiger partial charge in [0.25, 0.3) is 0 Å². The number of para-hydroxylation sites is 1. The van der Waals surface area contributed by atoms with Crippen LogP contribution in [0.2, 0.25) is 0 Å². The van der Waals surface area contributed by atoms with Gasteiger partial charge in [-0.05, 0) is 18.4 Å². The first-order valence-corrected chi connectivity index (χ1v) is 7.61. The monoisotopic (exact) mass is 260 g/mol. The molecule has 0 aliphatic rings. The Morgan fingerprint density at radius 1 is 1.44 bits per heavy atom. The maximum Gasteiger partial charge on any atom is 0.242 e. The smallest absolute Gasteiger partial charge is 0.242 e. The molecular weight excluding hydrogens is 244 g/mol. The van der Waals surface area contributed by atoms with Crippen molar-refractivity contribution in [2.24, 2.45) is 0 Å². The maximum absolute atomic E-state index is 11.9. The van der Waals surface area contributed by atoms with E-state index in [-0.39, 0.29) is 15.8 Å². The summed E-state index contributed by atoms with van der Waals surface area (Å²) in [7, 11) is -3.48. The van der Waals surface area contributed by atoms with E-state index in [1.165, 1.54) is 6.07 Å². The van der Waals surface area contributed by atoms with Crippen molar-refractivity contribution >= 4 is 27.5 Å². The zero-order chi connectivity index (χ0) is 12.2. The number of benzene rings is 1. The molecule has 0 saturated heterocycles. The predicted molar refractivity (Wildman–Crippen MR) is 69.0 cm³/mol. The second-order valence-electron chi connectivity index (χ2n) is 3.44. The van der Waals surface area contributed by atoms with Crippen molar-refractivity contribution in [1.82, 2.24) is 4.72 Å². The van der Waals surface area contributed by atoms with Crippen LogP contribution in [0.4, 0.5) is 5.69 Å². The number of anilines is 1. The van der Waals surface area contributed by atoms with Crippen LogP contribution in [0.1, 0.15) is 6.92 Å². The van der Waals surface area contributed by atoms with Gasteiger partial charge in [0.05, 0.1) is 5.69 Å². The average molecular weight is 260 g/mol. The van der Waals surface area contributed by atoms with Crippen LogP contribution in [0, 0.1) is 0 Å². The Hall–Kier alpha value is -0.720. The molecule has 1 unspecified atom stereocenters. The quantitative estimate of drug-likeness (QED) is 0.783. The molecule has 1 atom stereocenters. The molecule has 90 valence electrons. The molecule has 0 fully saturated rings. The van der Waals surface area contributed by atoms with Gasteiger partial charge in [-0.15, -0.1) is 0 Å². The Morgan fingerprint density at radius 3 is 2.62 bits per heavy atom. The summed E-state index contributed by atoms with van der Waals surface area (Å²) >= 11 is 1.61. The van der Waals surface area contributed by atoms with Crippen molar-refractivity contribution in [3.63, 3.8) is 0 Å². The van der Waals surface area contributed by atoms with E-state index in [1.54, 1.807) is 30.0 Å². The highest BCUT2D eigenvalue weighted by Gasteiger charge is 2.17. The van der Waals surface area contributed by atoms with Crippen molar-refractivity contribution in [3.05, 3.63) is 24.3 Å². The van der Waals surface area contributed by atoms with Gasteiger partial charge in [-0.2, -0.15) is 11.8 Å². The van der Waals surface area contributed by atoms with Gasteiger partial charge in [0.1, 0.15) is 4.90 Å². The fourth-order valence-corrected chi connectivity index (χ4v) is 2.73. The zero-order valence-corrected chi connectivity index (χ0v) is 10.9. The van der Waals surface area contributed by atoms with Crippen molar-refractivity contribution in [1.29, 1.82) is 0 Å². The van der Waals surface area contributed by atoms with Crippen molar-refractivity contribution in [3.8, 4) is 0 Å². The maximum atomic E-state index is 11.9. The van der Waals surface area contributed by atoms with Gasteiger partial charge in [0, 0.05) is 11.8 Å². The molecule has 0 heterocycles. The van der Waals surface area contributed by atoms with Crippen molar-refractivity contribution < 1.29 is 8.42 Å².